The Morgan fingerprint density at radius 2 is 1.48 bits per heavy atom. The van der Waals surface area contributed by atoms with E-state index in [1.165, 1.54) is 0 Å². The predicted molar refractivity (Wildman–Crippen MR) is 85.7 cm³/mol. The molecule has 1 aliphatic heterocycles. The van der Waals surface area contributed by atoms with Gasteiger partial charge in [0, 0.05) is 0 Å². The zero-order valence-corrected chi connectivity index (χ0v) is 12.7. The highest BCUT2D eigenvalue weighted by atomic mass is 16.2. The summed E-state index contributed by atoms with van der Waals surface area (Å²) in [5.41, 5.74) is -0.0203. The van der Waals surface area contributed by atoms with Gasteiger partial charge in [-0.15, -0.1) is 0 Å². The maximum absolute atomic E-state index is 12.9. The van der Waals surface area contributed by atoms with Gasteiger partial charge in [0.05, 0.1) is 5.69 Å². The van der Waals surface area contributed by atoms with Crippen molar-refractivity contribution in [3.05, 3.63) is 66.2 Å². The maximum atomic E-state index is 12.9. The molecule has 2 aromatic carbocycles. The molecule has 0 bridgehead atoms. The predicted octanol–water partition coefficient (Wildman–Crippen LogP) is 2.52. The van der Waals surface area contributed by atoms with E-state index < -0.39 is 23.3 Å². The minimum Gasteiger partial charge on any atom is -0.276 e. The van der Waals surface area contributed by atoms with Crippen LogP contribution >= 0.6 is 0 Å². The largest absolute Gasteiger partial charge is 0.335 e. The minimum absolute atomic E-state index is 0.231. The Morgan fingerprint density at radius 3 is 2.09 bits per heavy atom. The van der Waals surface area contributed by atoms with Crippen molar-refractivity contribution in [3.63, 3.8) is 0 Å². The summed E-state index contributed by atoms with van der Waals surface area (Å²) in [5, 5.41) is 2.30. The molecular formula is C18H16N2O3. The monoisotopic (exact) mass is 308 g/mol. The van der Waals surface area contributed by atoms with Gasteiger partial charge in [-0.3, -0.25) is 14.9 Å². The third-order valence-electron chi connectivity index (χ3n) is 4.01. The van der Waals surface area contributed by atoms with E-state index in [1.807, 2.05) is 30.3 Å². The van der Waals surface area contributed by atoms with Crippen molar-refractivity contribution in [2.45, 2.75) is 13.3 Å². The Hall–Kier alpha value is -2.95. The average molecular weight is 308 g/mol. The second-order valence-electron chi connectivity index (χ2n) is 5.73. The lowest BCUT2D eigenvalue weighted by molar-refractivity contribution is -0.141. The molecule has 116 valence electrons. The van der Waals surface area contributed by atoms with Crippen LogP contribution in [0.25, 0.3) is 0 Å². The molecule has 0 saturated carbocycles. The third-order valence-corrected chi connectivity index (χ3v) is 4.01. The van der Waals surface area contributed by atoms with Crippen LogP contribution in [0.15, 0.2) is 60.7 Å². The third kappa shape index (κ3) is 2.61. The molecule has 1 atom stereocenters. The molecule has 5 nitrogen and oxygen atoms in total. The Balaban J connectivity index is 1.98. The van der Waals surface area contributed by atoms with E-state index in [0.717, 1.165) is 10.5 Å². The van der Waals surface area contributed by atoms with Crippen LogP contribution in [0.4, 0.5) is 10.5 Å². The number of barbiturate groups is 1. The zero-order valence-electron chi connectivity index (χ0n) is 12.7. The van der Waals surface area contributed by atoms with Gasteiger partial charge in [0.25, 0.3) is 5.91 Å². The Bertz CT molecular complexity index is 758. The van der Waals surface area contributed by atoms with Crippen molar-refractivity contribution < 1.29 is 14.4 Å². The van der Waals surface area contributed by atoms with Crippen molar-refractivity contribution >= 4 is 23.5 Å². The smallest absolute Gasteiger partial charge is 0.276 e. The molecule has 23 heavy (non-hydrogen) atoms. The second kappa shape index (κ2) is 5.68. The lowest BCUT2D eigenvalue weighted by atomic mass is 9.80. The lowest BCUT2D eigenvalue weighted by Crippen LogP contribution is -2.64. The molecule has 2 aromatic rings. The molecule has 1 heterocycles. The van der Waals surface area contributed by atoms with Crippen molar-refractivity contribution in [1.29, 1.82) is 0 Å². The molecule has 1 fully saturated rings. The van der Waals surface area contributed by atoms with Crippen molar-refractivity contribution in [1.82, 2.24) is 5.32 Å². The van der Waals surface area contributed by atoms with E-state index in [9.17, 15) is 14.4 Å². The normalized spacial score (nSPS) is 21.3. The van der Waals surface area contributed by atoms with Crippen LogP contribution in [0.5, 0.6) is 0 Å². The van der Waals surface area contributed by atoms with Gasteiger partial charge in [-0.1, -0.05) is 48.5 Å². The van der Waals surface area contributed by atoms with E-state index in [1.54, 1.807) is 37.3 Å². The SMILES string of the molecule is CC1(Cc2ccccc2)C(=O)NC(=O)N(c2ccccc2)C1=O. The van der Waals surface area contributed by atoms with Crippen LogP contribution in [0, 0.1) is 5.41 Å². The number of carbonyl (C=O) groups is 3. The summed E-state index contributed by atoms with van der Waals surface area (Å²) in [4.78, 5) is 38.4. The van der Waals surface area contributed by atoms with Crippen LogP contribution in [0.1, 0.15) is 12.5 Å². The second-order valence-corrected chi connectivity index (χ2v) is 5.73. The highest BCUT2D eigenvalue weighted by Crippen LogP contribution is 2.31. The van der Waals surface area contributed by atoms with Gasteiger partial charge >= 0.3 is 6.03 Å². The molecule has 1 unspecified atom stereocenters. The van der Waals surface area contributed by atoms with E-state index in [0.29, 0.717) is 5.69 Å². The first kappa shape index (κ1) is 15.0. The van der Waals surface area contributed by atoms with Crippen molar-refractivity contribution in [2.75, 3.05) is 4.90 Å². The maximum Gasteiger partial charge on any atom is 0.335 e. The Kier molecular flexibility index (Phi) is 3.70. The summed E-state index contributed by atoms with van der Waals surface area (Å²) in [7, 11) is 0. The zero-order chi connectivity index (χ0) is 16.4. The molecule has 5 heteroatoms. The fourth-order valence-electron chi connectivity index (χ4n) is 2.70. The number of rotatable bonds is 3. The number of urea groups is 1. The van der Waals surface area contributed by atoms with Gasteiger partial charge in [0.1, 0.15) is 5.41 Å². The number of imide groups is 2. The van der Waals surface area contributed by atoms with Crippen LogP contribution in [-0.2, 0) is 16.0 Å². The molecular weight excluding hydrogens is 292 g/mol. The summed E-state index contributed by atoms with van der Waals surface area (Å²) in [5.74, 6) is -1.08. The van der Waals surface area contributed by atoms with Gasteiger partial charge in [0.2, 0.25) is 5.91 Å². The van der Waals surface area contributed by atoms with Gasteiger partial charge < -0.3 is 0 Å². The van der Waals surface area contributed by atoms with Crippen LogP contribution in [-0.4, -0.2) is 17.8 Å². The quantitative estimate of drug-likeness (QED) is 0.886. The van der Waals surface area contributed by atoms with E-state index in [2.05, 4.69) is 5.32 Å². The van der Waals surface area contributed by atoms with Crippen LogP contribution in [0.3, 0.4) is 0 Å². The first-order valence-corrected chi connectivity index (χ1v) is 7.31. The number of carbonyl (C=O) groups excluding carboxylic acids is 3. The van der Waals surface area contributed by atoms with Crippen LogP contribution < -0.4 is 10.2 Å². The molecule has 0 spiro atoms. The number of amides is 4. The average Bonchev–Trinajstić information content (AvgIpc) is 2.55. The van der Waals surface area contributed by atoms with Crippen LogP contribution in [0.2, 0.25) is 0 Å². The Morgan fingerprint density at radius 1 is 0.913 bits per heavy atom. The van der Waals surface area contributed by atoms with E-state index in [4.69, 9.17) is 0 Å². The summed E-state index contributed by atoms with van der Waals surface area (Å²) in [6.45, 7) is 1.57. The Labute approximate surface area is 133 Å². The first-order chi connectivity index (χ1) is 11.0. The standard InChI is InChI=1S/C18H16N2O3/c1-18(12-13-8-4-2-5-9-13)15(21)19-17(23)20(16(18)22)14-10-6-3-7-11-14/h2-11H,12H2,1H3,(H,19,21,23). The minimum atomic E-state index is -1.33. The van der Waals surface area contributed by atoms with E-state index in [-0.39, 0.29) is 6.42 Å². The highest BCUT2D eigenvalue weighted by molar-refractivity contribution is 6.29. The summed E-state index contributed by atoms with van der Waals surface area (Å²) in [6.07, 6.45) is 0.231. The molecule has 0 radical (unpaired) electrons. The van der Waals surface area contributed by atoms with Crippen molar-refractivity contribution in [2.24, 2.45) is 5.41 Å². The topological polar surface area (TPSA) is 66.5 Å². The van der Waals surface area contributed by atoms with Gasteiger partial charge in [-0.2, -0.15) is 0 Å². The van der Waals surface area contributed by atoms with Gasteiger partial charge in [-0.25, -0.2) is 9.69 Å². The number of benzene rings is 2. The van der Waals surface area contributed by atoms with Crippen molar-refractivity contribution in [3.8, 4) is 0 Å². The molecule has 3 rings (SSSR count). The number of hydrogen-bond acceptors (Lipinski definition) is 3. The lowest BCUT2D eigenvalue weighted by Gasteiger charge is -2.37. The number of nitrogens with zero attached hydrogens (tertiary/aromatic N) is 1. The highest BCUT2D eigenvalue weighted by Gasteiger charge is 2.50. The van der Waals surface area contributed by atoms with E-state index >= 15 is 0 Å². The molecule has 0 aliphatic carbocycles. The molecule has 4 amide bonds. The number of hydrogen-bond donors (Lipinski definition) is 1. The summed E-state index contributed by atoms with van der Waals surface area (Å²) in [6, 6.07) is 17.2. The molecule has 0 aromatic heterocycles. The van der Waals surface area contributed by atoms with Gasteiger partial charge in [-0.05, 0) is 31.0 Å². The molecule has 1 N–H and O–H groups in total. The summed E-state index contributed by atoms with van der Waals surface area (Å²) < 4.78 is 0. The summed E-state index contributed by atoms with van der Waals surface area (Å²) >= 11 is 0. The number of anilines is 1. The fraction of sp³-hybridized carbons (Fsp3) is 0.167. The number of para-hydroxylation sites is 1. The fourth-order valence-corrected chi connectivity index (χ4v) is 2.70. The number of nitrogens with one attached hydrogen (secondary N) is 1. The molecule has 1 saturated heterocycles. The molecule has 1 aliphatic rings. The van der Waals surface area contributed by atoms with Gasteiger partial charge in [0.15, 0.2) is 0 Å². The first-order valence-electron chi connectivity index (χ1n) is 7.31.